The van der Waals surface area contributed by atoms with E-state index in [0.29, 0.717) is 35.9 Å². The third kappa shape index (κ3) is 5.28. The van der Waals surface area contributed by atoms with E-state index in [-0.39, 0.29) is 23.7 Å². The molecule has 7 nitrogen and oxygen atoms in total. The predicted molar refractivity (Wildman–Crippen MR) is 131 cm³/mol. The van der Waals surface area contributed by atoms with Crippen molar-refractivity contribution >= 4 is 11.7 Å². The summed E-state index contributed by atoms with van der Waals surface area (Å²) in [6, 6.07) is 11.3. The SMILES string of the molecule is COc1cccc([C@H](C)C(=O)N2CC[C@H](Nc3ccc(-c4cn(C)c(C(C)(F)F)n4)c(C)n3)C2)c1. The molecular weight excluding hydrogens is 452 g/mol. The van der Waals surface area contributed by atoms with Gasteiger partial charge in [-0.3, -0.25) is 4.79 Å². The van der Waals surface area contributed by atoms with Gasteiger partial charge < -0.3 is 19.5 Å². The summed E-state index contributed by atoms with van der Waals surface area (Å²) in [7, 11) is 3.17. The normalized spacial score (nSPS) is 16.9. The number of hydrogen-bond donors (Lipinski definition) is 1. The number of amides is 1. The Morgan fingerprint density at radius 3 is 2.69 bits per heavy atom. The third-order valence-corrected chi connectivity index (χ3v) is 6.45. The monoisotopic (exact) mass is 483 g/mol. The maximum absolute atomic E-state index is 13.8. The van der Waals surface area contributed by atoms with Gasteiger partial charge in [0.05, 0.1) is 18.7 Å². The number of ether oxygens (including phenoxy) is 1. The molecule has 1 aliphatic rings. The van der Waals surface area contributed by atoms with Gasteiger partial charge in [0.25, 0.3) is 0 Å². The van der Waals surface area contributed by atoms with E-state index in [2.05, 4.69) is 15.3 Å². The number of anilines is 1. The molecule has 4 rings (SSSR count). The lowest BCUT2D eigenvalue weighted by Crippen LogP contribution is -2.34. The van der Waals surface area contributed by atoms with E-state index in [1.54, 1.807) is 20.4 Å². The van der Waals surface area contributed by atoms with Crippen molar-refractivity contribution in [2.75, 3.05) is 25.5 Å². The molecule has 0 saturated carbocycles. The second-order valence-electron chi connectivity index (χ2n) is 9.19. The van der Waals surface area contributed by atoms with E-state index in [1.807, 2.05) is 55.1 Å². The second-order valence-corrected chi connectivity index (χ2v) is 9.19. The highest BCUT2D eigenvalue weighted by Gasteiger charge is 2.31. The van der Waals surface area contributed by atoms with E-state index in [0.717, 1.165) is 24.7 Å². The average Bonchev–Trinajstić information content (AvgIpc) is 3.44. The van der Waals surface area contributed by atoms with Gasteiger partial charge in [0.2, 0.25) is 5.91 Å². The fraction of sp³-hybridized carbons (Fsp3) is 0.423. The van der Waals surface area contributed by atoms with Crippen LogP contribution < -0.4 is 10.1 Å². The van der Waals surface area contributed by atoms with Crippen LogP contribution in [0, 0.1) is 6.92 Å². The molecule has 0 bridgehead atoms. The zero-order chi connectivity index (χ0) is 25.3. The maximum Gasteiger partial charge on any atom is 0.302 e. The molecule has 35 heavy (non-hydrogen) atoms. The Morgan fingerprint density at radius 1 is 1.26 bits per heavy atom. The van der Waals surface area contributed by atoms with Crippen molar-refractivity contribution in [3.8, 4) is 17.0 Å². The number of benzene rings is 1. The van der Waals surface area contributed by atoms with Crippen LogP contribution in [-0.4, -0.2) is 51.6 Å². The molecule has 2 atom stereocenters. The molecule has 1 aliphatic heterocycles. The molecule has 0 spiro atoms. The highest BCUT2D eigenvalue weighted by Crippen LogP contribution is 2.30. The molecule has 1 aromatic carbocycles. The number of aryl methyl sites for hydroxylation is 2. The molecule has 1 fully saturated rings. The number of nitrogens with zero attached hydrogens (tertiary/aromatic N) is 4. The number of halogens is 2. The van der Waals surface area contributed by atoms with Crippen molar-refractivity contribution in [3.05, 3.63) is 59.7 Å². The molecule has 0 radical (unpaired) electrons. The molecule has 186 valence electrons. The van der Waals surface area contributed by atoms with Gasteiger partial charge in [0.1, 0.15) is 11.6 Å². The van der Waals surface area contributed by atoms with Crippen molar-refractivity contribution in [3.63, 3.8) is 0 Å². The van der Waals surface area contributed by atoms with Crippen molar-refractivity contribution in [2.24, 2.45) is 7.05 Å². The molecule has 9 heteroatoms. The Hall–Kier alpha value is -3.49. The number of nitrogens with one attached hydrogen (secondary N) is 1. The number of likely N-dealkylation sites (tertiary alicyclic amines) is 1. The molecule has 1 amide bonds. The molecule has 0 unspecified atom stereocenters. The van der Waals surface area contributed by atoms with E-state index >= 15 is 0 Å². The van der Waals surface area contributed by atoms with Gasteiger partial charge in [0, 0.05) is 50.6 Å². The summed E-state index contributed by atoms with van der Waals surface area (Å²) in [5.41, 5.74) is 2.79. The average molecular weight is 484 g/mol. The standard InChI is InChI=1S/C26H31F2N5O2/c1-16(18-7-6-8-20(13-18)35-5)24(34)33-12-11-19(14-33)30-23-10-9-21(17(2)29-23)22-15-32(4)25(31-22)26(3,27)28/h6-10,13,15-16,19H,11-12,14H2,1-5H3,(H,29,30)/t16-,19-/m0/s1. The lowest BCUT2D eigenvalue weighted by atomic mass is 9.99. The third-order valence-electron chi connectivity index (χ3n) is 6.45. The van der Waals surface area contributed by atoms with Gasteiger partial charge >= 0.3 is 5.92 Å². The van der Waals surface area contributed by atoms with Crippen molar-refractivity contribution in [1.82, 2.24) is 19.4 Å². The van der Waals surface area contributed by atoms with Gasteiger partial charge in [-0.05, 0) is 50.1 Å². The second kappa shape index (κ2) is 9.64. The quantitative estimate of drug-likeness (QED) is 0.526. The Labute approximate surface area is 204 Å². The summed E-state index contributed by atoms with van der Waals surface area (Å²) in [4.78, 5) is 23.7. The topological polar surface area (TPSA) is 72.3 Å². The van der Waals surface area contributed by atoms with Crippen LogP contribution in [0.3, 0.4) is 0 Å². The van der Waals surface area contributed by atoms with Crippen molar-refractivity contribution in [1.29, 1.82) is 0 Å². The van der Waals surface area contributed by atoms with Crippen LogP contribution in [-0.2, 0) is 17.8 Å². The van der Waals surface area contributed by atoms with Crippen LogP contribution >= 0.6 is 0 Å². The number of alkyl halides is 2. The van der Waals surface area contributed by atoms with Crippen molar-refractivity contribution in [2.45, 2.75) is 45.1 Å². The number of rotatable bonds is 7. The largest absolute Gasteiger partial charge is 0.497 e. The van der Waals surface area contributed by atoms with Crippen LogP contribution in [0.2, 0.25) is 0 Å². The van der Waals surface area contributed by atoms with E-state index in [4.69, 9.17) is 4.74 Å². The van der Waals surface area contributed by atoms with E-state index < -0.39 is 5.92 Å². The number of pyridine rings is 1. The number of hydrogen-bond acceptors (Lipinski definition) is 5. The molecule has 2 aromatic heterocycles. The zero-order valence-electron chi connectivity index (χ0n) is 20.7. The first-order chi connectivity index (χ1) is 16.6. The van der Waals surface area contributed by atoms with Crippen LogP contribution in [0.25, 0.3) is 11.3 Å². The Morgan fingerprint density at radius 2 is 2.03 bits per heavy atom. The Bertz CT molecular complexity index is 1220. The van der Waals surface area contributed by atoms with Gasteiger partial charge in [-0.2, -0.15) is 8.78 Å². The Balaban J connectivity index is 1.41. The van der Waals surface area contributed by atoms with Crippen LogP contribution in [0.5, 0.6) is 5.75 Å². The lowest BCUT2D eigenvalue weighted by molar-refractivity contribution is -0.131. The summed E-state index contributed by atoms with van der Waals surface area (Å²) < 4.78 is 34.2. The number of aromatic nitrogens is 3. The van der Waals surface area contributed by atoms with E-state index in [1.165, 1.54) is 4.57 Å². The molecule has 1 saturated heterocycles. The fourth-order valence-corrected chi connectivity index (χ4v) is 4.53. The van der Waals surface area contributed by atoms with Crippen LogP contribution in [0.4, 0.5) is 14.6 Å². The summed E-state index contributed by atoms with van der Waals surface area (Å²) in [6.07, 6.45) is 2.40. The lowest BCUT2D eigenvalue weighted by Gasteiger charge is -2.22. The number of methoxy groups -OCH3 is 1. The number of carbonyl (C=O) groups excluding carboxylic acids is 1. The summed E-state index contributed by atoms with van der Waals surface area (Å²) in [6.45, 7) is 5.84. The minimum atomic E-state index is -3.02. The van der Waals surface area contributed by atoms with E-state index in [9.17, 15) is 13.6 Å². The van der Waals surface area contributed by atoms with Crippen LogP contribution in [0.1, 0.15) is 43.3 Å². The minimum Gasteiger partial charge on any atom is -0.497 e. The number of imidazole rings is 1. The summed E-state index contributed by atoms with van der Waals surface area (Å²) >= 11 is 0. The molecule has 1 N–H and O–H groups in total. The van der Waals surface area contributed by atoms with Gasteiger partial charge in [-0.25, -0.2) is 9.97 Å². The molecule has 3 aromatic rings. The van der Waals surface area contributed by atoms with Crippen molar-refractivity contribution < 1.29 is 18.3 Å². The summed E-state index contributed by atoms with van der Waals surface area (Å²) in [5.74, 6) is -2.07. The smallest absolute Gasteiger partial charge is 0.302 e. The zero-order valence-corrected chi connectivity index (χ0v) is 20.7. The molecular formula is C26H31F2N5O2. The van der Waals surface area contributed by atoms with Crippen LogP contribution in [0.15, 0.2) is 42.6 Å². The maximum atomic E-state index is 13.8. The highest BCUT2D eigenvalue weighted by atomic mass is 19.3. The number of carbonyl (C=O) groups is 1. The predicted octanol–water partition coefficient (Wildman–Crippen LogP) is 4.73. The van der Waals surface area contributed by atoms with Gasteiger partial charge in [-0.1, -0.05) is 12.1 Å². The summed E-state index contributed by atoms with van der Waals surface area (Å²) in [5, 5.41) is 3.41. The fourth-order valence-electron chi connectivity index (χ4n) is 4.53. The first kappa shape index (κ1) is 24.6. The minimum absolute atomic E-state index is 0.0782. The van der Waals surface area contributed by atoms with Gasteiger partial charge in [0.15, 0.2) is 5.82 Å². The molecule has 3 heterocycles. The van der Waals surface area contributed by atoms with Gasteiger partial charge in [-0.15, -0.1) is 0 Å². The first-order valence-electron chi connectivity index (χ1n) is 11.7. The highest BCUT2D eigenvalue weighted by molar-refractivity contribution is 5.83. The Kier molecular flexibility index (Phi) is 6.78. The molecule has 0 aliphatic carbocycles. The first-order valence-corrected chi connectivity index (χ1v) is 11.7.